The van der Waals surface area contributed by atoms with Crippen molar-refractivity contribution in [2.24, 2.45) is 11.3 Å². The molecule has 0 aromatic heterocycles. The molecule has 0 saturated carbocycles. The molecule has 1 unspecified atom stereocenters. The van der Waals surface area contributed by atoms with Crippen LogP contribution in [0.1, 0.15) is 45.2 Å². The van der Waals surface area contributed by atoms with Crippen LogP contribution in [0, 0.1) is 11.3 Å². The van der Waals surface area contributed by atoms with Crippen molar-refractivity contribution < 1.29 is 4.74 Å². The van der Waals surface area contributed by atoms with E-state index in [4.69, 9.17) is 4.74 Å². The van der Waals surface area contributed by atoms with E-state index in [1.54, 1.807) is 0 Å². The predicted molar refractivity (Wildman–Crippen MR) is 94.2 cm³/mol. The van der Waals surface area contributed by atoms with Gasteiger partial charge < -0.3 is 4.74 Å². The van der Waals surface area contributed by atoms with Crippen molar-refractivity contribution in [3.63, 3.8) is 0 Å². The molecule has 0 radical (unpaired) electrons. The number of benzene rings is 2. The van der Waals surface area contributed by atoms with Gasteiger partial charge in [-0.05, 0) is 47.4 Å². The Labute approximate surface area is 135 Å². The second-order valence-electron chi connectivity index (χ2n) is 7.49. The molecule has 0 fully saturated rings. The van der Waals surface area contributed by atoms with E-state index in [2.05, 4.69) is 64.1 Å². The normalized spacial score (nSPS) is 12.9. The highest BCUT2D eigenvalue weighted by molar-refractivity contribution is 5.28. The first-order chi connectivity index (χ1) is 10.4. The smallest absolute Gasteiger partial charge is 0.119 e. The van der Waals surface area contributed by atoms with Gasteiger partial charge in [0.1, 0.15) is 12.4 Å². The third-order valence-corrected chi connectivity index (χ3v) is 3.72. The van der Waals surface area contributed by atoms with Gasteiger partial charge in [-0.2, -0.15) is 0 Å². The van der Waals surface area contributed by atoms with Crippen molar-refractivity contribution in [3.05, 3.63) is 65.7 Å². The molecule has 0 aliphatic rings. The summed E-state index contributed by atoms with van der Waals surface area (Å²) in [5.41, 5.74) is 2.99. The quantitative estimate of drug-likeness (QED) is 0.646. The molecule has 0 N–H and O–H groups in total. The zero-order valence-corrected chi connectivity index (χ0v) is 14.3. The van der Waals surface area contributed by atoms with E-state index >= 15 is 0 Å². The first kappa shape index (κ1) is 16.6. The Balaban J connectivity index is 1.85. The molecule has 1 heteroatoms. The average molecular weight is 296 g/mol. The van der Waals surface area contributed by atoms with Gasteiger partial charge in [0.25, 0.3) is 0 Å². The van der Waals surface area contributed by atoms with E-state index in [1.165, 1.54) is 17.5 Å². The maximum Gasteiger partial charge on any atom is 0.119 e. The highest BCUT2D eigenvalue weighted by Crippen LogP contribution is 2.26. The van der Waals surface area contributed by atoms with Gasteiger partial charge in [0.05, 0.1) is 0 Å². The molecule has 2 aromatic carbocycles. The third kappa shape index (κ3) is 5.93. The largest absolute Gasteiger partial charge is 0.489 e. The van der Waals surface area contributed by atoms with Gasteiger partial charge in [0.2, 0.25) is 0 Å². The molecule has 0 aliphatic heterocycles. The van der Waals surface area contributed by atoms with Crippen LogP contribution in [0.5, 0.6) is 5.75 Å². The summed E-state index contributed by atoms with van der Waals surface area (Å²) in [5.74, 6) is 1.65. The molecule has 2 rings (SSSR count). The lowest BCUT2D eigenvalue weighted by atomic mass is 9.83. The van der Waals surface area contributed by atoms with Gasteiger partial charge in [-0.1, -0.05) is 70.2 Å². The van der Waals surface area contributed by atoms with Crippen LogP contribution in [0.3, 0.4) is 0 Å². The van der Waals surface area contributed by atoms with Gasteiger partial charge in [0.15, 0.2) is 0 Å². The minimum absolute atomic E-state index is 0.401. The number of ether oxygens (including phenoxy) is 1. The first-order valence-electron chi connectivity index (χ1n) is 8.18. The molecule has 0 saturated heterocycles. The molecule has 1 nitrogen and oxygen atoms in total. The summed E-state index contributed by atoms with van der Waals surface area (Å²) in [6, 6.07) is 18.8. The Morgan fingerprint density at radius 2 is 1.50 bits per heavy atom. The van der Waals surface area contributed by atoms with Gasteiger partial charge in [-0.3, -0.25) is 0 Å². The second-order valence-corrected chi connectivity index (χ2v) is 7.49. The van der Waals surface area contributed by atoms with Gasteiger partial charge in [0, 0.05) is 0 Å². The van der Waals surface area contributed by atoms with Crippen molar-refractivity contribution in [1.29, 1.82) is 0 Å². The summed E-state index contributed by atoms with van der Waals surface area (Å²) in [5, 5.41) is 0. The molecular formula is C21H28O. The average Bonchev–Trinajstić information content (AvgIpc) is 2.45. The lowest BCUT2D eigenvalue weighted by molar-refractivity contribution is 0.303. The molecule has 2 aromatic rings. The highest BCUT2D eigenvalue weighted by atomic mass is 16.5. The number of rotatable bonds is 6. The topological polar surface area (TPSA) is 9.23 Å². The Kier molecular flexibility index (Phi) is 5.65. The summed E-state index contributed by atoms with van der Waals surface area (Å²) < 4.78 is 5.83. The molecule has 0 aliphatic carbocycles. The second kappa shape index (κ2) is 7.49. The molecule has 0 spiro atoms. The van der Waals surface area contributed by atoms with Crippen LogP contribution in [0.15, 0.2) is 54.6 Å². The molecule has 0 amide bonds. The summed E-state index contributed by atoms with van der Waals surface area (Å²) in [4.78, 5) is 0. The fourth-order valence-corrected chi connectivity index (χ4v) is 2.98. The molecule has 22 heavy (non-hydrogen) atoms. The Morgan fingerprint density at radius 3 is 2.09 bits per heavy atom. The molecular weight excluding hydrogens is 268 g/mol. The highest BCUT2D eigenvalue weighted by Gasteiger charge is 2.15. The minimum Gasteiger partial charge on any atom is -0.489 e. The maximum atomic E-state index is 5.83. The Hall–Kier alpha value is -1.76. The molecule has 118 valence electrons. The lowest BCUT2D eigenvalue weighted by Crippen LogP contribution is -2.12. The van der Waals surface area contributed by atoms with E-state index in [0.717, 1.165) is 12.2 Å². The van der Waals surface area contributed by atoms with Crippen LogP contribution in [0.25, 0.3) is 0 Å². The van der Waals surface area contributed by atoms with Crippen molar-refractivity contribution in [1.82, 2.24) is 0 Å². The molecule has 1 atom stereocenters. The summed E-state index contributed by atoms with van der Waals surface area (Å²) in [7, 11) is 0. The Bertz CT molecular complexity index is 549. The fraction of sp³-hybridized carbons (Fsp3) is 0.429. The standard InChI is InChI=1S/C21H28O/c1-17(15-21(2,3)4)14-18-10-12-20(13-11-18)22-16-19-8-6-5-7-9-19/h5-13,17H,14-16H2,1-4H3. The zero-order valence-electron chi connectivity index (χ0n) is 14.3. The van der Waals surface area contributed by atoms with Crippen molar-refractivity contribution >= 4 is 0 Å². The summed E-state index contributed by atoms with van der Waals surface area (Å²) >= 11 is 0. The monoisotopic (exact) mass is 296 g/mol. The van der Waals surface area contributed by atoms with Crippen LogP contribution in [-0.4, -0.2) is 0 Å². The lowest BCUT2D eigenvalue weighted by Gasteiger charge is -2.23. The summed E-state index contributed by atoms with van der Waals surface area (Å²) in [6.45, 7) is 9.89. The summed E-state index contributed by atoms with van der Waals surface area (Å²) in [6.07, 6.45) is 2.38. The van der Waals surface area contributed by atoms with Crippen molar-refractivity contribution in [2.75, 3.05) is 0 Å². The number of hydrogen-bond donors (Lipinski definition) is 0. The fourth-order valence-electron chi connectivity index (χ4n) is 2.98. The van der Waals surface area contributed by atoms with E-state index < -0.39 is 0 Å². The van der Waals surface area contributed by atoms with Gasteiger partial charge in [-0.15, -0.1) is 0 Å². The van der Waals surface area contributed by atoms with E-state index in [1.807, 2.05) is 18.2 Å². The predicted octanol–water partition coefficient (Wildman–Crippen LogP) is 5.88. The van der Waals surface area contributed by atoms with E-state index in [0.29, 0.717) is 17.9 Å². The van der Waals surface area contributed by atoms with E-state index in [9.17, 15) is 0 Å². The van der Waals surface area contributed by atoms with Crippen molar-refractivity contribution in [2.45, 2.75) is 47.1 Å². The van der Waals surface area contributed by atoms with Crippen LogP contribution in [0.4, 0.5) is 0 Å². The Morgan fingerprint density at radius 1 is 0.864 bits per heavy atom. The molecule has 0 bridgehead atoms. The third-order valence-electron chi connectivity index (χ3n) is 3.72. The molecule has 0 heterocycles. The van der Waals surface area contributed by atoms with Crippen LogP contribution < -0.4 is 4.74 Å². The number of hydrogen-bond acceptors (Lipinski definition) is 1. The SMILES string of the molecule is CC(Cc1ccc(OCc2ccccc2)cc1)CC(C)(C)C. The van der Waals surface area contributed by atoms with Gasteiger partial charge in [-0.25, -0.2) is 0 Å². The van der Waals surface area contributed by atoms with Crippen LogP contribution >= 0.6 is 0 Å². The van der Waals surface area contributed by atoms with Gasteiger partial charge >= 0.3 is 0 Å². The van der Waals surface area contributed by atoms with Crippen molar-refractivity contribution in [3.8, 4) is 5.75 Å². The minimum atomic E-state index is 0.401. The zero-order chi connectivity index (χ0) is 16.0. The van der Waals surface area contributed by atoms with Crippen LogP contribution in [0.2, 0.25) is 0 Å². The van der Waals surface area contributed by atoms with Crippen LogP contribution in [-0.2, 0) is 13.0 Å². The maximum absolute atomic E-state index is 5.83. The first-order valence-corrected chi connectivity index (χ1v) is 8.18. The van der Waals surface area contributed by atoms with E-state index in [-0.39, 0.29) is 0 Å².